The molecule has 0 atom stereocenters. The fraction of sp³-hybridized carbons (Fsp3) is 0.120. The van der Waals surface area contributed by atoms with E-state index in [-0.39, 0.29) is 11.6 Å². The maximum Gasteiger partial charge on any atom is 0.363 e. The molecule has 1 heterocycles. The number of rotatable bonds is 7. The van der Waals surface area contributed by atoms with Gasteiger partial charge in [0.1, 0.15) is 6.61 Å². The van der Waals surface area contributed by atoms with E-state index in [2.05, 4.69) is 59.4 Å². The number of cyclic esters (lactones) is 1. The lowest BCUT2D eigenvalue weighted by Crippen LogP contribution is -2.05. The third-order valence-corrected chi connectivity index (χ3v) is 6.50. The molecule has 1 aliphatic rings. The van der Waals surface area contributed by atoms with Crippen molar-refractivity contribution in [2.24, 2.45) is 4.99 Å². The highest BCUT2D eigenvalue weighted by Gasteiger charge is 2.24. The van der Waals surface area contributed by atoms with E-state index in [9.17, 15) is 4.79 Å². The SMILES string of the molecule is CCOc1cc(/C=C2\N=C(c3ccc(Br)cc3)OC2=O)cc(I)c1OCc1ccc(Br)cc1. The zero-order valence-electron chi connectivity index (χ0n) is 17.5. The maximum atomic E-state index is 12.4. The summed E-state index contributed by atoms with van der Waals surface area (Å²) in [5, 5.41) is 0. The molecule has 0 unspecified atom stereocenters. The van der Waals surface area contributed by atoms with Crippen LogP contribution in [0.2, 0.25) is 0 Å². The summed E-state index contributed by atoms with van der Waals surface area (Å²) >= 11 is 9.05. The van der Waals surface area contributed by atoms with Gasteiger partial charge in [-0.05, 0) is 95.2 Å². The van der Waals surface area contributed by atoms with Crippen molar-refractivity contribution < 1.29 is 19.0 Å². The first-order valence-electron chi connectivity index (χ1n) is 10.0. The van der Waals surface area contributed by atoms with Crippen molar-refractivity contribution in [2.45, 2.75) is 13.5 Å². The average molecular weight is 683 g/mol. The molecule has 0 aliphatic carbocycles. The first kappa shape index (κ1) is 24.0. The quantitative estimate of drug-likeness (QED) is 0.151. The number of halogens is 3. The highest BCUT2D eigenvalue weighted by Crippen LogP contribution is 2.36. The fourth-order valence-corrected chi connectivity index (χ4v) is 4.40. The van der Waals surface area contributed by atoms with Crippen molar-refractivity contribution in [1.29, 1.82) is 0 Å². The molecule has 1 aliphatic heterocycles. The molecule has 3 aromatic rings. The summed E-state index contributed by atoms with van der Waals surface area (Å²) in [6, 6.07) is 19.2. The van der Waals surface area contributed by atoms with Crippen LogP contribution in [0.3, 0.4) is 0 Å². The van der Waals surface area contributed by atoms with Gasteiger partial charge >= 0.3 is 5.97 Å². The largest absolute Gasteiger partial charge is 0.490 e. The lowest BCUT2D eigenvalue weighted by atomic mass is 10.1. The number of carbonyl (C=O) groups is 1. The van der Waals surface area contributed by atoms with E-state index < -0.39 is 5.97 Å². The molecule has 0 spiro atoms. The second kappa shape index (κ2) is 10.8. The van der Waals surface area contributed by atoms with Gasteiger partial charge in [0.05, 0.1) is 10.2 Å². The number of carbonyl (C=O) groups excluding carboxylic acids is 1. The Labute approximate surface area is 222 Å². The highest BCUT2D eigenvalue weighted by molar-refractivity contribution is 14.1. The Kier molecular flexibility index (Phi) is 7.87. The summed E-state index contributed by atoms with van der Waals surface area (Å²) in [6.07, 6.45) is 1.69. The van der Waals surface area contributed by atoms with E-state index >= 15 is 0 Å². The fourth-order valence-electron chi connectivity index (χ4n) is 3.09. The first-order chi connectivity index (χ1) is 15.9. The zero-order chi connectivity index (χ0) is 23.4. The van der Waals surface area contributed by atoms with Crippen molar-refractivity contribution in [3.63, 3.8) is 0 Å². The molecule has 0 amide bonds. The van der Waals surface area contributed by atoms with Crippen molar-refractivity contribution in [3.8, 4) is 11.5 Å². The van der Waals surface area contributed by atoms with Crippen LogP contribution in [-0.2, 0) is 16.1 Å². The molecule has 3 aromatic carbocycles. The van der Waals surface area contributed by atoms with Crippen LogP contribution in [0.4, 0.5) is 0 Å². The van der Waals surface area contributed by atoms with Crippen LogP contribution in [0.25, 0.3) is 6.08 Å². The molecule has 8 heteroatoms. The van der Waals surface area contributed by atoms with Crippen molar-refractivity contribution in [3.05, 3.63) is 95.6 Å². The summed E-state index contributed by atoms with van der Waals surface area (Å²) in [5.41, 5.74) is 2.78. The van der Waals surface area contributed by atoms with Gasteiger partial charge in [-0.1, -0.05) is 44.0 Å². The van der Waals surface area contributed by atoms with Gasteiger partial charge in [-0.3, -0.25) is 0 Å². The second-order valence-electron chi connectivity index (χ2n) is 7.02. The van der Waals surface area contributed by atoms with Gasteiger partial charge in [-0.2, -0.15) is 0 Å². The van der Waals surface area contributed by atoms with Crippen LogP contribution in [0.1, 0.15) is 23.6 Å². The standard InChI is InChI=1S/C25H18Br2INO4/c1-2-31-22-13-16(11-20(28)23(22)32-14-15-3-7-18(26)8-4-15)12-21-25(30)33-24(29-21)17-5-9-19(27)10-6-17/h3-13H,2,14H2,1H3/b21-12-. The predicted octanol–water partition coefficient (Wildman–Crippen LogP) is 7.14. The Morgan fingerprint density at radius 2 is 1.67 bits per heavy atom. The van der Waals surface area contributed by atoms with Crippen LogP contribution in [0.5, 0.6) is 11.5 Å². The Hall–Kier alpha value is -2.17. The third kappa shape index (κ3) is 6.04. The minimum absolute atomic E-state index is 0.231. The maximum absolute atomic E-state index is 12.4. The van der Waals surface area contributed by atoms with E-state index in [0.29, 0.717) is 24.7 Å². The van der Waals surface area contributed by atoms with E-state index in [0.717, 1.165) is 29.2 Å². The minimum atomic E-state index is -0.489. The van der Waals surface area contributed by atoms with Crippen LogP contribution >= 0.6 is 54.5 Å². The molecule has 5 nitrogen and oxygen atoms in total. The van der Waals surface area contributed by atoms with Gasteiger partial charge in [-0.15, -0.1) is 0 Å². The van der Waals surface area contributed by atoms with E-state index in [4.69, 9.17) is 14.2 Å². The molecule has 4 rings (SSSR count). The molecule has 0 fully saturated rings. The van der Waals surface area contributed by atoms with Gasteiger partial charge in [0.15, 0.2) is 17.2 Å². The number of hydrogen-bond acceptors (Lipinski definition) is 5. The molecular weight excluding hydrogens is 665 g/mol. The molecular formula is C25H18Br2INO4. The second-order valence-corrected chi connectivity index (χ2v) is 10.0. The minimum Gasteiger partial charge on any atom is -0.490 e. The Morgan fingerprint density at radius 3 is 2.33 bits per heavy atom. The number of aliphatic imine (C=N–C) groups is 1. The van der Waals surface area contributed by atoms with Gasteiger partial charge in [0.25, 0.3) is 0 Å². The Bertz CT molecular complexity index is 1240. The topological polar surface area (TPSA) is 57.1 Å². The normalized spacial score (nSPS) is 14.2. The van der Waals surface area contributed by atoms with Gasteiger partial charge in [-0.25, -0.2) is 9.79 Å². The average Bonchev–Trinajstić information content (AvgIpc) is 3.15. The van der Waals surface area contributed by atoms with Gasteiger partial charge in [0.2, 0.25) is 5.90 Å². The third-order valence-electron chi connectivity index (χ3n) is 4.64. The molecule has 0 saturated carbocycles. The predicted molar refractivity (Wildman–Crippen MR) is 144 cm³/mol. The summed E-state index contributed by atoms with van der Waals surface area (Å²) in [6.45, 7) is 2.81. The van der Waals surface area contributed by atoms with E-state index in [1.54, 1.807) is 6.08 Å². The van der Waals surface area contributed by atoms with Crippen LogP contribution in [-0.4, -0.2) is 18.5 Å². The van der Waals surface area contributed by atoms with Gasteiger partial charge < -0.3 is 14.2 Å². The number of benzene rings is 3. The molecule has 0 aromatic heterocycles. The summed E-state index contributed by atoms with van der Waals surface area (Å²) in [5.74, 6) is 1.07. The van der Waals surface area contributed by atoms with Gasteiger partial charge in [0, 0.05) is 14.5 Å². The Morgan fingerprint density at radius 1 is 1.00 bits per heavy atom. The Balaban J connectivity index is 1.60. The van der Waals surface area contributed by atoms with Crippen molar-refractivity contribution in [2.75, 3.05) is 6.61 Å². The lowest BCUT2D eigenvalue weighted by molar-refractivity contribution is -0.129. The summed E-state index contributed by atoms with van der Waals surface area (Å²) in [7, 11) is 0. The van der Waals surface area contributed by atoms with Crippen LogP contribution in [0.15, 0.2) is 80.3 Å². The summed E-state index contributed by atoms with van der Waals surface area (Å²) < 4.78 is 20.1. The van der Waals surface area contributed by atoms with Crippen molar-refractivity contribution >= 4 is 72.4 Å². The van der Waals surface area contributed by atoms with Crippen LogP contribution in [0, 0.1) is 3.57 Å². The van der Waals surface area contributed by atoms with E-state index in [1.165, 1.54) is 0 Å². The first-order valence-corrected chi connectivity index (χ1v) is 12.7. The monoisotopic (exact) mass is 681 g/mol. The van der Waals surface area contributed by atoms with Crippen molar-refractivity contribution in [1.82, 2.24) is 0 Å². The molecule has 168 valence electrons. The molecule has 0 bridgehead atoms. The van der Waals surface area contributed by atoms with Crippen LogP contribution < -0.4 is 9.47 Å². The molecule has 0 saturated heterocycles. The molecule has 0 N–H and O–H groups in total. The number of esters is 1. The summed E-state index contributed by atoms with van der Waals surface area (Å²) in [4.78, 5) is 16.8. The smallest absolute Gasteiger partial charge is 0.363 e. The number of hydrogen-bond donors (Lipinski definition) is 0. The molecule has 33 heavy (non-hydrogen) atoms. The zero-order valence-corrected chi connectivity index (χ0v) is 22.8. The number of ether oxygens (including phenoxy) is 3. The highest BCUT2D eigenvalue weighted by atomic mass is 127. The molecule has 0 radical (unpaired) electrons. The van der Waals surface area contributed by atoms with E-state index in [1.807, 2.05) is 67.6 Å². The lowest BCUT2D eigenvalue weighted by Gasteiger charge is -2.15. The number of nitrogens with zero attached hydrogens (tertiary/aromatic N) is 1.